The fraction of sp³-hybridized carbons (Fsp3) is 0.350. The van der Waals surface area contributed by atoms with Gasteiger partial charge in [0.2, 0.25) is 0 Å². The normalized spacial score (nSPS) is 11.3. The summed E-state index contributed by atoms with van der Waals surface area (Å²) in [5.41, 5.74) is 1.88. The van der Waals surface area contributed by atoms with E-state index < -0.39 is 6.10 Å². The van der Waals surface area contributed by atoms with Gasteiger partial charge in [-0.05, 0) is 48.4 Å². The van der Waals surface area contributed by atoms with Gasteiger partial charge < -0.3 is 24.6 Å². The number of halogens is 1. The Morgan fingerprint density at radius 2 is 1.74 bits per heavy atom. The van der Waals surface area contributed by atoms with Gasteiger partial charge in [0.1, 0.15) is 5.75 Å². The van der Waals surface area contributed by atoms with Gasteiger partial charge in [-0.25, -0.2) is 0 Å². The summed E-state index contributed by atoms with van der Waals surface area (Å²) < 4.78 is 15.5. The molecule has 0 saturated heterocycles. The van der Waals surface area contributed by atoms with Crippen molar-refractivity contribution in [2.45, 2.75) is 19.4 Å². The number of carbonyl (C=O) groups is 1. The van der Waals surface area contributed by atoms with Crippen molar-refractivity contribution in [2.24, 2.45) is 0 Å². The van der Waals surface area contributed by atoms with Gasteiger partial charge in [0, 0.05) is 13.5 Å². The van der Waals surface area contributed by atoms with Crippen LogP contribution in [0.4, 0.5) is 0 Å². The highest BCUT2D eigenvalue weighted by molar-refractivity contribution is 5.85. The first-order valence-corrected chi connectivity index (χ1v) is 8.41. The predicted octanol–water partition coefficient (Wildman–Crippen LogP) is 2.92. The van der Waals surface area contributed by atoms with Gasteiger partial charge in [-0.3, -0.25) is 4.79 Å². The molecule has 148 valence electrons. The van der Waals surface area contributed by atoms with E-state index in [1.807, 2.05) is 18.2 Å². The van der Waals surface area contributed by atoms with Crippen LogP contribution >= 0.6 is 12.4 Å². The third-order valence-corrected chi connectivity index (χ3v) is 3.90. The molecule has 1 atom stereocenters. The number of ether oxygens (including phenoxy) is 3. The average Bonchev–Trinajstić information content (AvgIpc) is 2.65. The number of methoxy groups -OCH3 is 2. The predicted molar refractivity (Wildman–Crippen MR) is 106 cm³/mol. The van der Waals surface area contributed by atoms with E-state index in [1.165, 1.54) is 6.92 Å². The van der Waals surface area contributed by atoms with Crippen LogP contribution in [-0.4, -0.2) is 38.4 Å². The lowest BCUT2D eigenvalue weighted by atomic mass is 10.1. The molecule has 0 heterocycles. The largest absolute Gasteiger partial charge is 0.493 e. The number of carbonyl (C=O) groups excluding carboxylic acids is 1. The molecule has 2 aromatic rings. The van der Waals surface area contributed by atoms with E-state index >= 15 is 0 Å². The lowest BCUT2D eigenvalue weighted by molar-refractivity contribution is -0.131. The third kappa shape index (κ3) is 7.09. The first-order chi connectivity index (χ1) is 12.5. The first kappa shape index (κ1) is 22.8. The molecule has 0 bridgehead atoms. The number of hydrogen-bond acceptors (Lipinski definition) is 6. The van der Waals surface area contributed by atoms with E-state index in [0.29, 0.717) is 23.8 Å². The van der Waals surface area contributed by atoms with Crippen LogP contribution in [0.15, 0.2) is 42.5 Å². The van der Waals surface area contributed by atoms with Crippen molar-refractivity contribution >= 4 is 18.4 Å². The number of rotatable bonds is 9. The molecule has 0 aliphatic heterocycles. The number of aliphatic hydroxyl groups is 1. The van der Waals surface area contributed by atoms with Crippen molar-refractivity contribution < 1.29 is 24.1 Å². The molecule has 1 unspecified atom stereocenters. The fourth-order valence-electron chi connectivity index (χ4n) is 2.55. The Morgan fingerprint density at radius 1 is 1.07 bits per heavy atom. The van der Waals surface area contributed by atoms with Gasteiger partial charge in [0.25, 0.3) is 0 Å². The Labute approximate surface area is 165 Å². The van der Waals surface area contributed by atoms with Crippen LogP contribution in [-0.2, 0) is 11.2 Å². The second-order valence-electron chi connectivity index (χ2n) is 5.82. The van der Waals surface area contributed by atoms with Gasteiger partial charge in [0.05, 0.1) is 20.3 Å². The minimum atomic E-state index is -0.633. The standard InChI is InChI=1S/C20H25NO5.ClH/c1-14(22)26-17-7-5-16(6-8-17)18(23)13-21-11-10-15-4-9-19(24-2)20(12-15)25-3;/h4-9,12,18,21,23H,10-11,13H2,1-3H3;1H. The smallest absolute Gasteiger partial charge is 0.308 e. The Kier molecular flexibility index (Phi) is 9.64. The van der Waals surface area contributed by atoms with Gasteiger partial charge in [-0.2, -0.15) is 0 Å². The molecular formula is C20H26ClNO5. The number of nitrogens with one attached hydrogen (secondary N) is 1. The van der Waals surface area contributed by atoms with Crippen LogP contribution < -0.4 is 19.5 Å². The van der Waals surface area contributed by atoms with E-state index in [-0.39, 0.29) is 18.4 Å². The highest BCUT2D eigenvalue weighted by atomic mass is 35.5. The number of benzene rings is 2. The second kappa shape index (κ2) is 11.4. The van der Waals surface area contributed by atoms with Crippen LogP contribution in [0.1, 0.15) is 24.2 Å². The van der Waals surface area contributed by atoms with Crippen molar-refractivity contribution in [2.75, 3.05) is 27.3 Å². The number of hydrogen-bond donors (Lipinski definition) is 2. The van der Waals surface area contributed by atoms with Crippen molar-refractivity contribution in [3.8, 4) is 17.2 Å². The molecule has 6 nitrogen and oxygen atoms in total. The summed E-state index contributed by atoms with van der Waals surface area (Å²) in [7, 11) is 3.22. The SMILES string of the molecule is COc1ccc(CCNCC(O)c2ccc(OC(C)=O)cc2)cc1OC.Cl. The molecular weight excluding hydrogens is 370 g/mol. The molecule has 0 fully saturated rings. The molecule has 0 spiro atoms. The van der Waals surface area contributed by atoms with E-state index in [9.17, 15) is 9.90 Å². The molecule has 0 radical (unpaired) electrons. The van der Waals surface area contributed by atoms with E-state index in [2.05, 4.69) is 5.32 Å². The Hall–Kier alpha value is -2.28. The zero-order valence-corrected chi connectivity index (χ0v) is 16.5. The van der Waals surface area contributed by atoms with Crippen LogP contribution in [0.25, 0.3) is 0 Å². The molecule has 0 aliphatic carbocycles. The number of aliphatic hydroxyl groups excluding tert-OH is 1. The van der Waals surface area contributed by atoms with E-state index in [1.54, 1.807) is 38.5 Å². The molecule has 2 N–H and O–H groups in total. The van der Waals surface area contributed by atoms with Gasteiger partial charge in [-0.1, -0.05) is 18.2 Å². The molecule has 27 heavy (non-hydrogen) atoms. The summed E-state index contributed by atoms with van der Waals surface area (Å²) in [5.74, 6) is 1.51. The summed E-state index contributed by atoms with van der Waals surface area (Å²) in [6, 6.07) is 12.7. The summed E-state index contributed by atoms with van der Waals surface area (Å²) in [5, 5.41) is 13.5. The van der Waals surface area contributed by atoms with Crippen molar-refractivity contribution in [3.05, 3.63) is 53.6 Å². The zero-order valence-electron chi connectivity index (χ0n) is 15.7. The van der Waals surface area contributed by atoms with Crippen LogP contribution in [0.2, 0.25) is 0 Å². The maximum absolute atomic E-state index is 10.9. The summed E-state index contributed by atoms with van der Waals surface area (Å²) in [4.78, 5) is 10.9. The molecule has 2 aromatic carbocycles. The maximum Gasteiger partial charge on any atom is 0.308 e. The highest BCUT2D eigenvalue weighted by Gasteiger charge is 2.08. The lowest BCUT2D eigenvalue weighted by Crippen LogP contribution is -2.23. The summed E-state index contributed by atoms with van der Waals surface area (Å²) >= 11 is 0. The van der Waals surface area contributed by atoms with Crippen LogP contribution in [0, 0.1) is 0 Å². The second-order valence-corrected chi connectivity index (χ2v) is 5.82. The highest BCUT2D eigenvalue weighted by Crippen LogP contribution is 2.27. The Bertz CT molecular complexity index is 721. The molecule has 7 heteroatoms. The van der Waals surface area contributed by atoms with Gasteiger partial charge in [0.15, 0.2) is 11.5 Å². The summed E-state index contributed by atoms with van der Waals surface area (Å²) in [6.45, 7) is 2.50. The quantitative estimate of drug-likeness (QED) is 0.386. The molecule has 0 saturated carbocycles. The van der Waals surface area contributed by atoms with E-state index in [4.69, 9.17) is 14.2 Å². The first-order valence-electron chi connectivity index (χ1n) is 8.41. The fourth-order valence-corrected chi connectivity index (χ4v) is 2.55. The van der Waals surface area contributed by atoms with Crippen molar-refractivity contribution in [1.82, 2.24) is 5.32 Å². The summed E-state index contributed by atoms with van der Waals surface area (Å²) in [6.07, 6.45) is 0.171. The molecule has 0 amide bonds. The van der Waals surface area contributed by atoms with E-state index in [0.717, 1.165) is 24.1 Å². The Balaban J connectivity index is 0.00000364. The van der Waals surface area contributed by atoms with Crippen LogP contribution in [0.5, 0.6) is 17.2 Å². The Morgan fingerprint density at radius 3 is 2.33 bits per heavy atom. The molecule has 2 rings (SSSR count). The average molecular weight is 396 g/mol. The van der Waals surface area contributed by atoms with Gasteiger partial charge >= 0.3 is 5.97 Å². The van der Waals surface area contributed by atoms with Crippen molar-refractivity contribution in [1.29, 1.82) is 0 Å². The monoisotopic (exact) mass is 395 g/mol. The number of esters is 1. The minimum Gasteiger partial charge on any atom is -0.493 e. The lowest BCUT2D eigenvalue weighted by Gasteiger charge is -2.13. The zero-order chi connectivity index (χ0) is 18.9. The minimum absolute atomic E-state index is 0. The van der Waals surface area contributed by atoms with Crippen LogP contribution in [0.3, 0.4) is 0 Å². The molecule has 0 aliphatic rings. The third-order valence-electron chi connectivity index (χ3n) is 3.90. The van der Waals surface area contributed by atoms with Crippen molar-refractivity contribution in [3.63, 3.8) is 0 Å². The molecule has 0 aromatic heterocycles. The van der Waals surface area contributed by atoms with Gasteiger partial charge in [-0.15, -0.1) is 12.4 Å². The maximum atomic E-state index is 10.9. The topological polar surface area (TPSA) is 77.0 Å².